The molecule has 1 N–H and O–H groups in total. The van der Waals surface area contributed by atoms with Gasteiger partial charge < -0.3 is 5.11 Å². The Labute approximate surface area is 90.5 Å². The van der Waals surface area contributed by atoms with Gasteiger partial charge in [-0.05, 0) is 38.8 Å². The second-order valence-corrected chi connectivity index (χ2v) is 4.89. The van der Waals surface area contributed by atoms with Crippen LogP contribution in [0, 0.1) is 13.8 Å². The molecule has 1 unspecified atom stereocenters. The molecule has 0 saturated heterocycles. The van der Waals surface area contributed by atoms with Crippen molar-refractivity contribution in [3.63, 3.8) is 0 Å². The van der Waals surface area contributed by atoms with Crippen LogP contribution in [0.2, 0.25) is 0 Å². The Morgan fingerprint density at radius 2 is 2.07 bits per heavy atom. The topological polar surface area (TPSA) is 20.2 Å². The van der Waals surface area contributed by atoms with E-state index in [2.05, 4.69) is 32.0 Å². The lowest BCUT2D eigenvalue weighted by Crippen LogP contribution is -2.00. The van der Waals surface area contributed by atoms with Crippen LogP contribution in [0.15, 0.2) is 23.1 Å². The molecule has 0 fully saturated rings. The van der Waals surface area contributed by atoms with Gasteiger partial charge in [0.1, 0.15) is 0 Å². The Morgan fingerprint density at radius 1 is 1.36 bits per heavy atom. The summed E-state index contributed by atoms with van der Waals surface area (Å²) in [6.45, 7) is 6.08. The molecule has 1 rings (SSSR count). The van der Waals surface area contributed by atoms with Crippen LogP contribution in [0.4, 0.5) is 0 Å². The maximum Gasteiger partial charge on any atom is 0.0520 e. The summed E-state index contributed by atoms with van der Waals surface area (Å²) in [7, 11) is 0. The lowest BCUT2D eigenvalue weighted by molar-refractivity contribution is 0.192. The van der Waals surface area contributed by atoms with Gasteiger partial charge in [0.2, 0.25) is 0 Å². The molecule has 1 aromatic rings. The van der Waals surface area contributed by atoms with Crippen LogP contribution < -0.4 is 0 Å². The summed E-state index contributed by atoms with van der Waals surface area (Å²) in [5, 5.41) is 9.13. The minimum Gasteiger partial charge on any atom is -0.393 e. The number of hydrogen-bond donors (Lipinski definition) is 1. The second kappa shape index (κ2) is 5.42. The van der Waals surface area contributed by atoms with Crippen LogP contribution in [0.3, 0.4) is 0 Å². The van der Waals surface area contributed by atoms with Crippen molar-refractivity contribution in [1.82, 2.24) is 0 Å². The molecule has 0 aliphatic rings. The lowest BCUT2D eigenvalue weighted by Gasteiger charge is -2.07. The molecule has 0 aromatic heterocycles. The highest BCUT2D eigenvalue weighted by Gasteiger charge is 2.00. The van der Waals surface area contributed by atoms with Crippen molar-refractivity contribution in [3.8, 4) is 0 Å². The van der Waals surface area contributed by atoms with E-state index in [1.165, 1.54) is 16.0 Å². The molecule has 0 amide bonds. The van der Waals surface area contributed by atoms with Crippen molar-refractivity contribution in [1.29, 1.82) is 0 Å². The fraction of sp³-hybridized carbons (Fsp3) is 0.500. The van der Waals surface area contributed by atoms with Crippen LogP contribution in [-0.4, -0.2) is 17.0 Å². The Kier molecular flexibility index (Phi) is 4.49. The van der Waals surface area contributed by atoms with E-state index in [-0.39, 0.29) is 6.10 Å². The first-order chi connectivity index (χ1) is 6.59. The van der Waals surface area contributed by atoms with Gasteiger partial charge in [-0.25, -0.2) is 0 Å². The number of aliphatic hydroxyl groups excluding tert-OH is 1. The number of thioether (sulfide) groups is 1. The lowest BCUT2D eigenvalue weighted by atomic mass is 10.2. The van der Waals surface area contributed by atoms with Crippen LogP contribution in [-0.2, 0) is 0 Å². The molecule has 1 aromatic carbocycles. The number of aliphatic hydroxyl groups is 1. The SMILES string of the molecule is Cc1ccc(SCCC(C)O)c(C)c1. The van der Waals surface area contributed by atoms with E-state index in [1.807, 2.05) is 18.7 Å². The van der Waals surface area contributed by atoms with Crippen molar-refractivity contribution in [2.45, 2.75) is 38.2 Å². The molecule has 1 atom stereocenters. The molecule has 0 aliphatic heterocycles. The predicted octanol–water partition coefficient (Wildman–Crippen LogP) is 3.17. The summed E-state index contributed by atoms with van der Waals surface area (Å²) >= 11 is 1.82. The first kappa shape index (κ1) is 11.6. The van der Waals surface area contributed by atoms with Gasteiger partial charge in [-0.2, -0.15) is 0 Å². The minimum atomic E-state index is -0.187. The van der Waals surface area contributed by atoms with Crippen LogP contribution >= 0.6 is 11.8 Å². The monoisotopic (exact) mass is 210 g/mol. The molecule has 0 radical (unpaired) electrons. The second-order valence-electron chi connectivity index (χ2n) is 3.76. The van der Waals surface area contributed by atoms with Gasteiger partial charge in [0.25, 0.3) is 0 Å². The van der Waals surface area contributed by atoms with Gasteiger partial charge in [0.05, 0.1) is 6.10 Å². The highest BCUT2D eigenvalue weighted by atomic mass is 32.2. The summed E-state index contributed by atoms with van der Waals surface area (Å²) in [6.07, 6.45) is 0.672. The minimum absolute atomic E-state index is 0.187. The Hall–Kier alpha value is -0.470. The van der Waals surface area contributed by atoms with Gasteiger partial charge in [-0.1, -0.05) is 17.7 Å². The third-order valence-electron chi connectivity index (χ3n) is 2.12. The number of benzene rings is 1. The third-order valence-corrected chi connectivity index (χ3v) is 3.33. The van der Waals surface area contributed by atoms with E-state index < -0.39 is 0 Å². The van der Waals surface area contributed by atoms with Gasteiger partial charge >= 0.3 is 0 Å². The molecule has 1 nitrogen and oxygen atoms in total. The van der Waals surface area contributed by atoms with Crippen molar-refractivity contribution in [2.75, 3.05) is 5.75 Å². The molecule has 0 spiro atoms. The molecule has 0 saturated carbocycles. The highest BCUT2D eigenvalue weighted by Crippen LogP contribution is 2.23. The summed E-state index contributed by atoms with van der Waals surface area (Å²) in [4.78, 5) is 1.33. The van der Waals surface area contributed by atoms with Crippen LogP contribution in [0.5, 0.6) is 0 Å². The molecule has 14 heavy (non-hydrogen) atoms. The Bertz CT molecular complexity index is 294. The zero-order valence-electron chi connectivity index (χ0n) is 9.08. The molecule has 0 aliphatic carbocycles. The van der Waals surface area contributed by atoms with Gasteiger partial charge in [0, 0.05) is 10.6 Å². The van der Waals surface area contributed by atoms with Gasteiger partial charge in [-0.3, -0.25) is 0 Å². The number of aryl methyl sites for hydroxylation is 2. The third kappa shape index (κ3) is 3.72. The number of hydrogen-bond acceptors (Lipinski definition) is 2. The van der Waals surface area contributed by atoms with Crippen LogP contribution in [0.25, 0.3) is 0 Å². The fourth-order valence-corrected chi connectivity index (χ4v) is 2.43. The summed E-state index contributed by atoms with van der Waals surface area (Å²) in [5.41, 5.74) is 2.64. The summed E-state index contributed by atoms with van der Waals surface area (Å²) in [6, 6.07) is 6.50. The molecular formula is C12H18OS. The van der Waals surface area contributed by atoms with E-state index in [0.29, 0.717) is 0 Å². The maximum absolute atomic E-state index is 9.13. The molecule has 0 bridgehead atoms. The molecule has 78 valence electrons. The van der Waals surface area contributed by atoms with Gasteiger partial charge in [0.15, 0.2) is 0 Å². The highest BCUT2D eigenvalue weighted by molar-refractivity contribution is 7.99. The summed E-state index contributed by atoms with van der Waals surface area (Å²) in [5.74, 6) is 0.988. The van der Waals surface area contributed by atoms with E-state index in [0.717, 1.165) is 12.2 Å². The van der Waals surface area contributed by atoms with Crippen molar-refractivity contribution in [2.24, 2.45) is 0 Å². The Balaban J connectivity index is 2.51. The van der Waals surface area contributed by atoms with E-state index in [1.54, 1.807) is 0 Å². The van der Waals surface area contributed by atoms with Gasteiger partial charge in [-0.15, -0.1) is 11.8 Å². The molecular weight excluding hydrogens is 192 g/mol. The van der Waals surface area contributed by atoms with E-state index >= 15 is 0 Å². The smallest absolute Gasteiger partial charge is 0.0520 e. The van der Waals surface area contributed by atoms with Crippen molar-refractivity contribution >= 4 is 11.8 Å². The van der Waals surface area contributed by atoms with E-state index in [9.17, 15) is 0 Å². The standard InChI is InChI=1S/C12H18OS/c1-9-4-5-12(10(2)8-9)14-7-6-11(3)13/h4-5,8,11,13H,6-7H2,1-3H3. The predicted molar refractivity (Wildman–Crippen MR) is 62.9 cm³/mol. The maximum atomic E-state index is 9.13. The zero-order chi connectivity index (χ0) is 10.6. The first-order valence-electron chi connectivity index (χ1n) is 4.97. The molecule has 0 heterocycles. The largest absolute Gasteiger partial charge is 0.393 e. The van der Waals surface area contributed by atoms with Crippen molar-refractivity contribution < 1.29 is 5.11 Å². The zero-order valence-corrected chi connectivity index (χ0v) is 9.90. The molecule has 2 heteroatoms. The van der Waals surface area contributed by atoms with E-state index in [4.69, 9.17) is 5.11 Å². The Morgan fingerprint density at radius 3 is 2.64 bits per heavy atom. The quantitative estimate of drug-likeness (QED) is 0.770. The first-order valence-corrected chi connectivity index (χ1v) is 5.96. The summed E-state index contributed by atoms with van der Waals surface area (Å²) < 4.78 is 0. The number of rotatable bonds is 4. The average Bonchev–Trinajstić information content (AvgIpc) is 2.08. The van der Waals surface area contributed by atoms with Crippen molar-refractivity contribution in [3.05, 3.63) is 29.3 Å². The van der Waals surface area contributed by atoms with Crippen LogP contribution in [0.1, 0.15) is 24.5 Å². The normalized spacial score (nSPS) is 12.9. The average molecular weight is 210 g/mol. The fourth-order valence-electron chi connectivity index (χ4n) is 1.30.